The molecule has 1 aliphatic rings. The van der Waals surface area contributed by atoms with E-state index in [9.17, 15) is 14.0 Å². The van der Waals surface area contributed by atoms with Gasteiger partial charge in [-0.2, -0.15) is 0 Å². The van der Waals surface area contributed by atoms with Gasteiger partial charge in [0.05, 0.1) is 13.2 Å². The Morgan fingerprint density at radius 2 is 1.61 bits per heavy atom. The minimum absolute atomic E-state index is 0.0810. The Labute approximate surface area is 180 Å². The molecule has 0 radical (unpaired) electrons. The predicted molar refractivity (Wildman–Crippen MR) is 115 cm³/mol. The number of benzene rings is 3. The minimum atomic E-state index is -0.314. The Bertz CT molecular complexity index is 1040. The van der Waals surface area contributed by atoms with Crippen LogP contribution in [0.5, 0.6) is 0 Å². The minimum Gasteiger partial charge on any atom is -0.370 e. The molecule has 0 aliphatic carbocycles. The van der Waals surface area contributed by atoms with Gasteiger partial charge in [0.15, 0.2) is 0 Å². The molecule has 1 fully saturated rings. The molecule has 158 valence electrons. The number of amides is 2. The quantitative estimate of drug-likeness (QED) is 0.682. The summed E-state index contributed by atoms with van der Waals surface area (Å²) in [4.78, 5) is 27.1. The van der Waals surface area contributed by atoms with Crippen molar-refractivity contribution in [2.75, 3.05) is 19.7 Å². The van der Waals surface area contributed by atoms with E-state index in [0.717, 1.165) is 11.1 Å². The topological polar surface area (TPSA) is 58.6 Å². The average molecular weight is 418 g/mol. The van der Waals surface area contributed by atoms with E-state index in [2.05, 4.69) is 5.32 Å². The predicted octanol–water partition coefficient (Wildman–Crippen LogP) is 3.97. The molecule has 0 bridgehead atoms. The highest BCUT2D eigenvalue weighted by Gasteiger charge is 2.26. The smallest absolute Gasteiger partial charge is 0.254 e. The molecular formula is C25H23FN2O3. The lowest BCUT2D eigenvalue weighted by atomic mass is 10.1. The van der Waals surface area contributed by atoms with Crippen LogP contribution in [0, 0.1) is 5.82 Å². The number of rotatable bonds is 5. The van der Waals surface area contributed by atoms with Gasteiger partial charge in [-0.25, -0.2) is 4.39 Å². The molecule has 0 saturated carbocycles. The fourth-order valence-corrected chi connectivity index (χ4v) is 3.54. The normalized spacial score (nSPS) is 16.0. The maximum Gasteiger partial charge on any atom is 0.254 e. The number of ether oxygens (including phenoxy) is 1. The van der Waals surface area contributed by atoms with Crippen LogP contribution in [0.3, 0.4) is 0 Å². The van der Waals surface area contributed by atoms with Gasteiger partial charge >= 0.3 is 0 Å². The van der Waals surface area contributed by atoms with E-state index in [4.69, 9.17) is 4.74 Å². The third-order valence-corrected chi connectivity index (χ3v) is 5.29. The number of hydrogen-bond acceptors (Lipinski definition) is 3. The number of carbonyl (C=O) groups excluding carboxylic acids is 2. The largest absolute Gasteiger partial charge is 0.370 e. The van der Waals surface area contributed by atoms with Crippen LogP contribution < -0.4 is 5.32 Å². The SMILES string of the molecule is O=C(NCc1ccc(F)cc1)c1ccc(C(=O)N2CCOC(c3ccccc3)C2)cc1. The van der Waals surface area contributed by atoms with Crippen LogP contribution in [0.2, 0.25) is 0 Å². The highest BCUT2D eigenvalue weighted by molar-refractivity contribution is 5.97. The van der Waals surface area contributed by atoms with E-state index < -0.39 is 0 Å². The molecular weight excluding hydrogens is 395 g/mol. The van der Waals surface area contributed by atoms with Crippen LogP contribution in [-0.4, -0.2) is 36.4 Å². The number of carbonyl (C=O) groups is 2. The van der Waals surface area contributed by atoms with Gasteiger partial charge in [-0.05, 0) is 47.5 Å². The highest BCUT2D eigenvalue weighted by atomic mass is 19.1. The van der Waals surface area contributed by atoms with E-state index in [0.29, 0.717) is 37.4 Å². The molecule has 0 aromatic heterocycles. The van der Waals surface area contributed by atoms with Gasteiger partial charge in [0.25, 0.3) is 11.8 Å². The highest BCUT2D eigenvalue weighted by Crippen LogP contribution is 2.23. The summed E-state index contributed by atoms with van der Waals surface area (Å²) in [5, 5.41) is 2.80. The maximum absolute atomic E-state index is 13.0. The molecule has 2 amide bonds. The lowest BCUT2D eigenvalue weighted by Gasteiger charge is -2.33. The fourth-order valence-electron chi connectivity index (χ4n) is 3.54. The van der Waals surface area contributed by atoms with Gasteiger partial charge in [-0.15, -0.1) is 0 Å². The zero-order valence-electron chi connectivity index (χ0n) is 17.0. The van der Waals surface area contributed by atoms with Crippen molar-refractivity contribution in [2.24, 2.45) is 0 Å². The van der Waals surface area contributed by atoms with Crippen molar-refractivity contribution in [1.82, 2.24) is 10.2 Å². The zero-order valence-corrected chi connectivity index (χ0v) is 17.0. The summed E-state index contributed by atoms with van der Waals surface area (Å²) in [6.45, 7) is 1.80. The van der Waals surface area contributed by atoms with Crippen molar-refractivity contribution < 1.29 is 18.7 Å². The van der Waals surface area contributed by atoms with Gasteiger partial charge in [0.2, 0.25) is 0 Å². The van der Waals surface area contributed by atoms with E-state index in [-0.39, 0.29) is 23.7 Å². The van der Waals surface area contributed by atoms with Gasteiger partial charge in [-0.1, -0.05) is 42.5 Å². The van der Waals surface area contributed by atoms with Gasteiger partial charge < -0.3 is 15.0 Å². The lowest BCUT2D eigenvalue weighted by molar-refractivity contribution is -0.0228. The second-order valence-corrected chi connectivity index (χ2v) is 7.41. The number of hydrogen-bond donors (Lipinski definition) is 1. The zero-order chi connectivity index (χ0) is 21.6. The first-order chi connectivity index (χ1) is 15.1. The molecule has 6 heteroatoms. The number of morpholine rings is 1. The maximum atomic E-state index is 13.0. The Balaban J connectivity index is 1.36. The first-order valence-electron chi connectivity index (χ1n) is 10.2. The summed E-state index contributed by atoms with van der Waals surface area (Å²) in [5.41, 5.74) is 2.85. The number of nitrogens with zero attached hydrogens (tertiary/aromatic N) is 1. The van der Waals surface area contributed by atoms with Crippen molar-refractivity contribution in [2.45, 2.75) is 12.6 Å². The monoisotopic (exact) mass is 418 g/mol. The second kappa shape index (κ2) is 9.53. The van der Waals surface area contributed by atoms with Crippen LogP contribution in [-0.2, 0) is 11.3 Å². The van der Waals surface area contributed by atoms with Gasteiger partial charge in [-0.3, -0.25) is 9.59 Å². The number of nitrogens with one attached hydrogen (secondary N) is 1. The Morgan fingerprint density at radius 3 is 2.32 bits per heavy atom. The molecule has 1 heterocycles. The van der Waals surface area contributed by atoms with Crippen molar-refractivity contribution in [1.29, 1.82) is 0 Å². The average Bonchev–Trinajstić information content (AvgIpc) is 2.84. The summed E-state index contributed by atoms with van der Waals surface area (Å²) < 4.78 is 18.8. The van der Waals surface area contributed by atoms with Crippen LogP contribution in [0.1, 0.15) is 37.9 Å². The van der Waals surface area contributed by atoms with Gasteiger partial charge in [0.1, 0.15) is 11.9 Å². The van der Waals surface area contributed by atoms with Crippen molar-refractivity contribution in [3.8, 4) is 0 Å². The molecule has 5 nitrogen and oxygen atoms in total. The lowest BCUT2D eigenvalue weighted by Crippen LogP contribution is -2.42. The molecule has 1 aliphatic heterocycles. The van der Waals surface area contributed by atoms with Crippen LogP contribution in [0.4, 0.5) is 4.39 Å². The van der Waals surface area contributed by atoms with Crippen LogP contribution in [0.25, 0.3) is 0 Å². The standard InChI is InChI=1S/C25H23FN2O3/c26-22-12-6-18(7-13-22)16-27-24(29)20-8-10-21(11-9-20)25(30)28-14-15-31-23(17-28)19-4-2-1-3-5-19/h1-13,23H,14-17H2,(H,27,29). The molecule has 4 rings (SSSR count). The second-order valence-electron chi connectivity index (χ2n) is 7.41. The molecule has 31 heavy (non-hydrogen) atoms. The van der Waals surface area contributed by atoms with E-state index in [1.165, 1.54) is 12.1 Å². The number of halogens is 1. The van der Waals surface area contributed by atoms with Crippen molar-refractivity contribution in [3.63, 3.8) is 0 Å². The first-order valence-corrected chi connectivity index (χ1v) is 10.2. The third-order valence-electron chi connectivity index (χ3n) is 5.29. The summed E-state index contributed by atoms with van der Waals surface area (Å²) >= 11 is 0. The molecule has 1 atom stereocenters. The third kappa shape index (κ3) is 5.16. The van der Waals surface area contributed by atoms with Crippen LogP contribution >= 0.6 is 0 Å². The molecule has 1 unspecified atom stereocenters. The summed E-state index contributed by atoms with van der Waals surface area (Å²) in [7, 11) is 0. The molecule has 1 N–H and O–H groups in total. The van der Waals surface area contributed by atoms with Crippen molar-refractivity contribution >= 4 is 11.8 Å². The Hall–Kier alpha value is -3.51. The van der Waals surface area contributed by atoms with E-state index in [1.54, 1.807) is 41.3 Å². The van der Waals surface area contributed by atoms with Crippen LogP contribution in [0.15, 0.2) is 78.9 Å². The first kappa shape index (κ1) is 20.8. The Kier molecular flexibility index (Phi) is 6.38. The fraction of sp³-hybridized carbons (Fsp3) is 0.200. The summed E-state index contributed by atoms with van der Waals surface area (Å²) in [5.74, 6) is -0.646. The Morgan fingerprint density at radius 1 is 0.935 bits per heavy atom. The molecule has 3 aromatic rings. The van der Waals surface area contributed by atoms with Gasteiger partial charge in [0, 0.05) is 24.2 Å². The van der Waals surface area contributed by atoms with Crippen molar-refractivity contribution in [3.05, 3.63) is 107 Å². The molecule has 3 aromatic carbocycles. The van der Waals surface area contributed by atoms with E-state index in [1.807, 2.05) is 30.3 Å². The summed E-state index contributed by atoms with van der Waals surface area (Å²) in [6.07, 6.45) is -0.143. The van der Waals surface area contributed by atoms with E-state index >= 15 is 0 Å². The molecule has 0 spiro atoms. The molecule has 1 saturated heterocycles. The summed E-state index contributed by atoms with van der Waals surface area (Å²) in [6, 6.07) is 22.5.